The Kier molecular flexibility index (Phi) is 7.44. The van der Waals surface area contributed by atoms with E-state index in [0.717, 1.165) is 22.2 Å². The van der Waals surface area contributed by atoms with Gasteiger partial charge in [-0.1, -0.05) is 18.2 Å². The summed E-state index contributed by atoms with van der Waals surface area (Å²) in [4.78, 5) is 12.5. The third kappa shape index (κ3) is 5.60. The number of methoxy groups -OCH3 is 2. The summed E-state index contributed by atoms with van der Waals surface area (Å²) < 4.78 is 49.8. The number of nitrogens with zero attached hydrogens (tertiary/aromatic N) is 1. The summed E-state index contributed by atoms with van der Waals surface area (Å²) in [5.74, 6) is -0.0721. The van der Waals surface area contributed by atoms with Crippen LogP contribution < -0.4 is 19.1 Å². The zero-order valence-electron chi connectivity index (χ0n) is 16.8. The average Bonchev–Trinajstić information content (AvgIpc) is 2.68. The molecule has 0 saturated heterocycles. The molecule has 0 aliphatic rings. The Labute approximate surface area is 170 Å². The van der Waals surface area contributed by atoms with Crippen LogP contribution >= 0.6 is 0 Å². The van der Waals surface area contributed by atoms with Crippen LogP contribution in [0.4, 0.5) is 10.1 Å². The van der Waals surface area contributed by atoms with Crippen molar-refractivity contribution in [1.29, 1.82) is 0 Å². The van der Waals surface area contributed by atoms with Crippen molar-refractivity contribution >= 4 is 21.6 Å². The Morgan fingerprint density at radius 1 is 1.14 bits per heavy atom. The molecule has 2 rings (SSSR count). The molecular formula is C20H25FN2O5S. The maximum absolute atomic E-state index is 14.1. The predicted molar refractivity (Wildman–Crippen MR) is 109 cm³/mol. The molecule has 0 aromatic heterocycles. The van der Waals surface area contributed by atoms with Crippen LogP contribution in [0.15, 0.2) is 42.5 Å². The largest absolute Gasteiger partial charge is 0.493 e. The Morgan fingerprint density at radius 2 is 1.79 bits per heavy atom. The number of anilines is 1. The van der Waals surface area contributed by atoms with Gasteiger partial charge in [0.05, 0.1) is 26.2 Å². The van der Waals surface area contributed by atoms with E-state index in [1.807, 2.05) is 6.07 Å². The number of amides is 1. The molecule has 1 N–H and O–H groups in total. The monoisotopic (exact) mass is 424 g/mol. The molecule has 0 aliphatic heterocycles. The molecule has 0 spiro atoms. The number of hydrogen-bond donors (Lipinski definition) is 1. The second-order valence-electron chi connectivity index (χ2n) is 6.42. The first-order chi connectivity index (χ1) is 13.7. The van der Waals surface area contributed by atoms with Gasteiger partial charge in [-0.3, -0.25) is 9.10 Å². The maximum Gasteiger partial charge on any atom is 0.243 e. The molecule has 0 fully saturated rings. The van der Waals surface area contributed by atoms with Crippen molar-refractivity contribution in [3.05, 3.63) is 53.8 Å². The predicted octanol–water partition coefficient (Wildman–Crippen LogP) is 2.36. The Hall–Kier alpha value is -2.81. The van der Waals surface area contributed by atoms with E-state index in [-0.39, 0.29) is 12.2 Å². The first-order valence-electron chi connectivity index (χ1n) is 8.91. The van der Waals surface area contributed by atoms with Gasteiger partial charge >= 0.3 is 0 Å². The van der Waals surface area contributed by atoms with E-state index in [9.17, 15) is 17.6 Å². The van der Waals surface area contributed by atoms with Crippen molar-refractivity contribution in [3.63, 3.8) is 0 Å². The van der Waals surface area contributed by atoms with E-state index in [0.29, 0.717) is 17.9 Å². The van der Waals surface area contributed by atoms with Gasteiger partial charge in [0.25, 0.3) is 0 Å². The lowest BCUT2D eigenvalue weighted by Gasteiger charge is -2.28. The molecule has 0 unspecified atom stereocenters. The summed E-state index contributed by atoms with van der Waals surface area (Å²) >= 11 is 0. The summed E-state index contributed by atoms with van der Waals surface area (Å²) in [7, 11) is -0.797. The second kappa shape index (κ2) is 9.60. The highest BCUT2D eigenvalue weighted by atomic mass is 32.2. The van der Waals surface area contributed by atoms with Gasteiger partial charge in [-0.2, -0.15) is 0 Å². The van der Waals surface area contributed by atoms with Gasteiger partial charge in [-0.25, -0.2) is 12.8 Å². The third-order valence-electron chi connectivity index (χ3n) is 4.34. The number of para-hydroxylation sites is 1. The normalized spacial score (nSPS) is 12.2. The molecule has 7 nitrogen and oxygen atoms in total. The van der Waals surface area contributed by atoms with E-state index in [2.05, 4.69) is 5.32 Å². The molecule has 0 bridgehead atoms. The minimum Gasteiger partial charge on any atom is -0.493 e. The number of hydrogen-bond acceptors (Lipinski definition) is 5. The quantitative estimate of drug-likeness (QED) is 0.668. The number of sulfonamides is 1. The lowest BCUT2D eigenvalue weighted by molar-refractivity contribution is -0.121. The fourth-order valence-electron chi connectivity index (χ4n) is 2.93. The van der Waals surface area contributed by atoms with Crippen LogP contribution in [0.1, 0.15) is 12.5 Å². The van der Waals surface area contributed by atoms with E-state index < -0.39 is 27.8 Å². The molecule has 9 heteroatoms. The maximum atomic E-state index is 14.1. The van der Waals surface area contributed by atoms with Crippen LogP contribution in [-0.4, -0.2) is 47.4 Å². The van der Waals surface area contributed by atoms with Gasteiger partial charge < -0.3 is 14.8 Å². The third-order valence-corrected chi connectivity index (χ3v) is 5.57. The SMILES string of the molecule is COc1ccc(CCNC(=O)[C@H](C)N(c2ccccc2F)S(C)(=O)=O)cc1OC. The minimum atomic E-state index is -3.88. The smallest absolute Gasteiger partial charge is 0.243 e. The lowest BCUT2D eigenvalue weighted by Crippen LogP contribution is -2.48. The summed E-state index contributed by atoms with van der Waals surface area (Å²) in [5.41, 5.74) is 0.738. The lowest BCUT2D eigenvalue weighted by atomic mass is 10.1. The van der Waals surface area contributed by atoms with Crippen LogP contribution in [0.5, 0.6) is 11.5 Å². The number of carbonyl (C=O) groups is 1. The van der Waals surface area contributed by atoms with Crippen molar-refractivity contribution in [2.45, 2.75) is 19.4 Å². The average molecular weight is 424 g/mol. The van der Waals surface area contributed by atoms with Gasteiger partial charge in [0.2, 0.25) is 15.9 Å². The topological polar surface area (TPSA) is 84.9 Å². The molecule has 0 heterocycles. The zero-order chi connectivity index (χ0) is 21.6. The standard InChI is InChI=1S/C20H25FN2O5S/c1-14(23(29(4,25)26)17-8-6-5-7-16(17)21)20(24)22-12-11-15-9-10-18(27-2)19(13-15)28-3/h5-10,13-14H,11-12H2,1-4H3,(H,22,24)/t14-/m0/s1. The molecule has 2 aromatic rings. The minimum absolute atomic E-state index is 0.169. The number of benzene rings is 2. The number of nitrogens with one attached hydrogen (secondary N) is 1. The van der Waals surface area contributed by atoms with Crippen LogP contribution in [0.25, 0.3) is 0 Å². The fourth-order valence-corrected chi connectivity index (χ4v) is 4.10. The zero-order valence-corrected chi connectivity index (χ0v) is 17.6. The molecule has 0 aliphatic carbocycles. The van der Waals surface area contributed by atoms with E-state index in [4.69, 9.17) is 9.47 Å². The summed E-state index contributed by atoms with van der Waals surface area (Å²) in [5, 5.41) is 2.70. The number of carbonyl (C=O) groups excluding carboxylic acids is 1. The van der Waals surface area contributed by atoms with Gasteiger partial charge in [0, 0.05) is 6.54 Å². The van der Waals surface area contributed by atoms with Crippen molar-refractivity contribution in [3.8, 4) is 11.5 Å². The van der Waals surface area contributed by atoms with Crippen molar-refractivity contribution in [2.24, 2.45) is 0 Å². The highest BCUT2D eigenvalue weighted by Crippen LogP contribution is 2.27. The van der Waals surface area contributed by atoms with Crippen LogP contribution in [0.3, 0.4) is 0 Å². The molecule has 158 valence electrons. The molecule has 1 atom stereocenters. The van der Waals surface area contributed by atoms with Crippen molar-refractivity contribution < 1.29 is 27.1 Å². The summed E-state index contributed by atoms with van der Waals surface area (Å²) in [6.45, 7) is 1.69. The van der Waals surface area contributed by atoms with E-state index in [1.165, 1.54) is 32.2 Å². The van der Waals surface area contributed by atoms with Crippen molar-refractivity contribution in [2.75, 3.05) is 31.3 Å². The van der Waals surface area contributed by atoms with E-state index >= 15 is 0 Å². The number of halogens is 1. The highest BCUT2D eigenvalue weighted by Gasteiger charge is 2.30. The second-order valence-corrected chi connectivity index (χ2v) is 8.28. The van der Waals surface area contributed by atoms with Gasteiger partial charge in [0.1, 0.15) is 11.9 Å². The molecule has 1 amide bonds. The molecule has 2 aromatic carbocycles. The molecule has 0 saturated carbocycles. The van der Waals surface area contributed by atoms with Gasteiger partial charge in [-0.15, -0.1) is 0 Å². The molecule has 0 radical (unpaired) electrons. The van der Waals surface area contributed by atoms with Gasteiger partial charge in [0.15, 0.2) is 11.5 Å². The Morgan fingerprint density at radius 3 is 2.38 bits per heavy atom. The van der Waals surface area contributed by atoms with Crippen LogP contribution in [0, 0.1) is 5.82 Å². The van der Waals surface area contributed by atoms with Crippen LogP contribution in [-0.2, 0) is 21.2 Å². The first-order valence-corrected chi connectivity index (χ1v) is 10.8. The number of rotatable bonds is 9. The van der Waals surface area contributed by atoms with Gasteiger partial charge in [-0.05, 0) is 43.2 Å². The Bertz CT molecular complexity index is 965. The summed E-state index contributed by atoms with van der Waals surface area (Å²) in [6.07, 6.45) is 1.43. The molecule has 29 heavy (non-hydrogen) atoms. The van der Waals surface area contributed by atoms with E-state index in [1.54, 1.807) is 19.2 Å². The fraction of sp³-hybridized carbons (Fsp3) is 0.350. The highest BCUT2D eigenvalue weighted by molar-refractivity contribution is 7.92. The first kappa shape index (κ1) is 22.5. The summed E-state index contributed by atoms with van der Waals surface area (Å²) in [6, 6.07) is 9.73. The van der Waals surface area contributed by atoms with Crippen LogP contribution in [0.2, 0.25) is 0 Å². The number of ether oxygens (including phenoxy) is 2. The van der Waals surface area contributed by atoms with Crippen molar-refractivity contribution in [1.82, 2.24) is 5.32 Å². The Balaban J connectivity index is 2.08. The molecular weight excluding hydrogens is 399 g/mol.